The van der Waals surface area contributed by atoms with Crippen LogP contribution in [0.5, 0.6) is 0 Å². The molecule has 3 aromatic rings. The Morgan fingerprint density at radius 1 is 1.33 bits per heavy atom. The Hall–Kier alpha value is -1.72. The highest BCUT2D eigenvalue weighted by Gasteiger charge is 2.22. The van der Waals surface area contributed by atoms with E-state index in [4.69, 9.17) is 9.72 Å². The minimum absolute atomic E-state index is 0.170. The molecule has 0 amide bonds. The number of hydrogen-bond donors (Lipinski definition) is 0. The van der Waals surface area contributed by atoms with E-state index in [9.17, 15) is 0 Å². The lowest BCUT2D eigenvalue weighted by Gasteiger charge is -2.02. The van der Waals surface area contributed by atoms with Crippen molar-refractivity contribution < 1.29 is 4.74 Å². The van der Waals surface area contributed by atoms with E-state index in [2.05, 4.69) is 36.3 Å². The molecule has 1 fully saturated rings. The van der Waals surface area contributed by atoms with E-state index in [-0.39, 0.29) is 6.10 Å². The maximum absolute atomic E-state index is 5.69. The van der Waals surface area contributed by atoms with Crippen LogP contribution in [0.15, 0.2) is 30.5 Å². The smallest absolute Gasteiger partial charge is 0.212 e. The first-order chi connectivity index (χ1) is 10.3. The van der Waals surface area contributed by atoms with Gasteiger partial charge in [-0.25, -0.2) is 9.50 Å². The van der Waals surface area contributed by atoms with E-state index >= 15 is 0 Å². The molecule has 2 aromatic heterocycles. The highest BCUT2D eigenvalue weighted by atomic mass is 32.1. The Balaban J connectivity index is 1.65. The van der Waals surface area contributed by atoms with Crippen molar-refractivity contribution in [2.75, 3.05) is 6.61 Å². The highest BCUT2D eigenvalue weighted by Crippen LogP contribution is 2.32. The van der Waals surface area contributed by atoms with Crippen molar-refractivity contribution in [3.8, 4) is 11.3 Å². The van der Waals surface area contributed by atoms with Crippen molar-refractivity contribution in [2.45, 2.75) is 32.3 Å². The molecule has 0 aliphatic carbocycles. The molecule has 4 nitrogen and oxygen atoms in total. The molecule has 0 N–H and O–H groups in total. The van der Waals surface area contributed by atoms with Gasteiger partial charge >= 0.3 is 0 Å². The number of nitrogens with zero attached hydrogens (tertiary/aromatic N) is 3. The maximum Gasteiger partial charge on any atom is 0.212 e. The van der Waals surface area contributed by atoms with Crippen molar-refractivity contribution in [1.29, 1.82) is 0 Å². The van der Waals surface area contributed by atoms with E-state index in [1.807, 2.05) is 10.7 Å². The number of hydrogen-bond acceptors (Lipinski definition) is 4. The second-order valence-corrected chi connectivity index (χ2v) is 6.33. The van der Waals surface area contributed by atoms with Crippen LogP contribution in [0.1, 0.15) is 36.4 Å². The van der Waals surface area contributed by atoms with Crippen LogP contribution in [0.2, 0.25) is 0 Å². The maximum atomic E-state index is 5.69. The summed E-state index contributed by atoms with van der Waals surface area (Å²) >= 11 is 1.63. The second kappa shape index (κ2) is 5.24. The van der Waals surface area contributed by atoms with Crippen molar-refractivity contribution in [2.24, 2.45) is 0 Å². The Labute approximate surface area is 127 Å². The number of rotatable bonds is 3. The van der Waals surface area contributed by atoms with Crippen molar-refractivity contribution in [1.82, 2.24) is 14.6 Å². The molecule has 4 rings (SSSR count). The lowest BCUT2D eigenvalue weighted by Crippen LogP contribution is -1.95. The molecule has 21 heavy (non-hydrogen) atoms. The Kier molecular flexibility index (Phi) is 3.24. The molecule has 0 radical (unpaired) electrons. The summed E-state index contributed by atoms with van der Waals surface area (Å²) in [5.74, 6) is 0. The molecule has 0 bridgehead atoms. The lowest BCUT2D eigenvalue weighted by molar-refractivity contribution is 0.111. The van der Waals surface area contributed by atoms with Crippen LogP contribution in [0.3, 0.4) is 0 Å². The lowest BCUT2D eigenvalue weighted by atomic mass is 10.1. The average molecular weight is 299 g/mol. The van der Waals surface area contributed by atoms with Gasteiger partial charge in [0.15, 0.2) is 0 Å². The van der Waals surface area contributed by atoms with E-state index in [1.54, 1.807) is 11.3 Å². The second-order valence-electron chi connectivity index (χ2n) is 5.35. The Morgan fingerprint density at radius 2 is 2.19 bits per heavy atom. The van der Waals surface area contributed by atoms with Crippen LogP contribution in [0.4, 0.5) is 0 Å². The van der Waals surface area contributed by atoms with E-state index in [0.29, 0.717) is 0 Å². The summed E-state index contributed by atoms with van der Waals surface area (Å²) in [6.07, 6.45) is 5.43. The standard InChI is InChI=1S/C16H17N3OS/c1-2-11-5-7-12(8-6-11)13-10-19-16(17-13)21-15(18-19)14-4-3-9-20-14/h5-8,10,14H,2-4,9H2,1H3. The SMILES string of the molecule is CCc1ccc(-c2cn3nc(C4CCCO4)sc3n2)cc1. The van der Waals surface area contributed by atoms with Gasteiger partial charge < -0.3 is 4.74 Å². The molecule has 108 valence electrons. The van der Waals surface area contributed by atoms with Gasteiger partial charge in [-0.1, -0.05) is 42.5 Å². The van der Waals surface area contributed by atoms with Crippen LogP contribution in [0.25, 0.3) is 16.2 Å². The van der Waals surface area contributed by atoms with Crippen molar-refractivity contribution in [3.05, 3.63) is 41.0 Å². The zero-order valence-corrected chi connectivity index (χ0v) is 12.8. The molecule has 1 aromatic carbocycles. The predicted octanol–water partition coefficient (Wildman–Crippen LogP) is 3.87. The van der Waals surface area contributed by atoms with Gasteiger partial charge in [0.1, 0.15) is 11.1 Å². The van der Waals surface area contributed by atoms with Gasteiger partial charge in [0.25, 0.3) is 0 Å². The van der Waals surface area contributed by atoms with Gasteiger partial charge in [-0.05, 0) is 24.8 Å². The Morgan fingerprint density at radius 3 is 2.86 bits per heavy atom. The van der Waals surface area contributed by atoms with Crippen LogP contribution in [-0.4, -0.2) is 21.2 Å². The number of benzene rings is 1. The quantitative estimate of drug-likeness (QED) is 0.737. The molecular weight excluding hydrogens is 282 g/mol. The van der Waals surface area contributed by atoms with E-state index in [0.717, 1.165) is 47.1 Å². The number of fused-ring (bicyclic) bond motifs is 1. The minimum atomic E-state index is 0.170. The van der Waals surface area contributed by atoms with E-state index in [1.165, 1.54) is 5.56 Å². The normalized spacial score (nSPS) is 18.6. The number of ether oxygens (including phenoxy) is 1. The third-order valence-electron chi connectivity index (χ3n) is 3.92. The van der Waals surface area contributed by atoms with Gasteiger partial charge in [-0.15, -0.1) is 0 Å². The fourth-order valence-corrected chi connectivity index (χ4v) is 3.63. The highest BCUT2D eigenvalue weighted by molar-refractivity contribution is 7.16. The summed E-state index contributed by atoms with van der Waals surface area (Å²) in [5, 5.41) is 5.67. The summed E-state index contributed by atoms with van der Waals surface area (Å²) in [6, 6.07) is 8.58. The topological polar surface area (TPSA) is 39.4 Å². The fraction of sp³-hybridized carbons (Fsp3) is 0.375. The zero-order chi connectivity index (χ0) is 14.2. The van der Waals surface area contributed by atoms with E-state index < -0.39 is 0 Å². The van der Waals surface area contributed by atoms with Gasteiger partial charge in [-0.3, -0.25) is 0 Å². The summed E-state index contributed by atoms with van der Waals surface area (Å²) in [7, 11) is 0. The van der Waals surface area contributed by atoms with Crippen LogP contribution >= 0.6 is 11.3 Å². The molecule has 3 heterocycles. The molecule has 0 saturated carbocycles. The van der Waals surface area contributed by atoms with Gasteiger partial charge in [0.2, 0.25) is 4.96 Å². The molecular formula is C16H17N3OS. The van der Waals surface area contributed by atoms with Crippen molar-refractivity contribution >= 4 is 16.3 Å². The van der Waals surface area contributed by atoms with Crippen LogP contribution in [0, 0.1) is 0 Å². The largest absolute Gasteiger partial charge is 0.371 e. The van der Waals surface area contributed by atoms with Gasteiger partial charge in [0, 0.05) is 12.2 Å². The van der Waals surface area contributed by atoms with Crippen molar-refractivity contribution in [3.63, 3.8) is 0 Å². The first kappa shape index (κ1) is 13.0. The van der Waals surface area contributed by atoms with Crippen LogP contribution in [-0.2, 0) is 11.2 Å². The monoisotopic (exact) mass is 299 g/mol. The number of imidazole rings is 1. The van der Waals surface area contributed by atoms with Crippen LogP contribution < -0.4 is 0 Å². The summed E-state index contributed by atoms with van der Waals surface area (Å²) in [4.78, 5) is 5.63. The molecule has 1 unspecified atom stereocenters. The molecule has 1 atom stereocenters. The summed E-state index contributed by atoms with van der Waals surface area (Å²) in [6.45, 7) is 3.01. The number of aromatic nitrogens is 3. The zero-order valence-electron chi connectivity index (χ0n) is 12.0. The molecule has 1 aliphatic heterocycles. The fourth-order valence-electron chi connectivity index (χ4n) is 2.67. The third-order valence-corrected chi connectivity index (χ3v) is 4.94. The van der Waals surface area contributed by atoms with Gasteiger partial charge in [0.05, 0.1) is 11.9 Å². The third kappa shape index (κ3) is 2.36. The predicted molar refractivity (Wildman–Crippen MR) is 83.6 cm³/mol. The summed E-state index contributed by atoms with van der Waals surface area (Å²) < 4.78 is 7.56. The first-order valence-corrected chi connectivity index (χ1v) is 8.22. The molecule has 1 aliphatic rings. The molecule has 1 saturated heterocycles. The number of aryl methyl sites for hydroxylation is 1. The average Bonchev–Trinajstić information content (AvgIpc) is 3.22. The first-order valence-electron chi connectivity index (χ1n) is 7.40. The van der Waals surface area contributed by atoms with Gasteiger partial charge in [-0.2, -0.15) is 5.10 Å². The summed E-state index contributed by atoms with van der Waals surface area (Å²) in [5.41, 5.74) is 3.47. The molecule has 5 heteroatoms. The molecule has 0 spiro atoms. The Bertz CT molecular complexity index is 722. The minimum Gasteiger partial charge on any atom is -0.371 e.